The van der Waals surface area contributed by atoms with Crippen LogP contribution in [0.25, 0.3) is 0 Å². The average molecular weight is 200 g/mol. The van der Waals surface area contributed by atoms with Gasteiger partial charge in [-0.3, -0.25) is 0 Å². The van der Waals surface area contributed by atoms with Crippen LogP contribution in [0, 0.1) is 0 Å². The number of benzene rings is 1. The van der Waals surface area contributed by atoms with Gasteiger partial charge in [-0.2, -0.15) is 0 Å². The lowest BCUT2D eigenvalue weighted by molar-refractivity contribution is 0.882. The second kappa shape index (κ2) is 5.55. The Morgan fingerprint density at radius 1 is 1.07 bits per heavy atom. The Kier molecular flexibility index (Phi) is 4.36. The maximum absolute atomic E-state index is 2.36. The van der Waals surface area contributed by atoms with Crippen molar-refractivity contribution in [1.29, 1.82) is 0 Å². The molecule has 2 rings (SSSR count). The highest BCUT2D eigenvalue weighted by Crippen LogP contribution is 2.27. The first-order valence-corrected chi connectivity index (χ1v) is 5.29. The molecule has 15 heavy (non-hydrogen) atoms. The molecular formula is C15H20. The molecule has 0 heteroatoms. The van der Waals surface area contributed by atoms with E-state index < -0.39 is 0 Å². The van der Waals surface area contributed by atoms with E-state index in [-0.39, 0.29) is 7.43 Å². The molecule has 1 aliphatic carbocycles. The summed E-state index contributed by atoms with van der Waals surface area (Å²) < 4.78 is 0. The van der Waals surface area contributed by atoms with Crippen LogP contribution < -0.4 is 0 Å². The predicted molar refractivity (Wildman–Crippen MR) is 68.0 cm³/mol. The lowest BCUT2D eigenvalue weighted by Crippen LogP contribution is -1.97. The molecule has 0 spiro atoms. The van der Waals surface area contributed by atoms with Gasteiger partial charge in [-0.15, -0.1) is 0 Å². The predicted octanol–water partition coefficient (Wildman–Crippen LogP) is 4.70. The van der Waals surface area contributed by atoms with Gasteiger partial charge in [-0.25, -0.2) is 0 Å². The van der Waals surface area contributed by atoms with Crippen LogP contribution in [0.5, 0.6) is 0 Å². The molecule has 0 saturated heterocycles. The van der Waals surface area contributed by atoms with Crippen LogP contribution in [0.4, 0.5) is 0 Å². The van der Waals surface area contributed by atoms with Gasteiger partial charge in [-0.1, -0.05) is 62.9 Å². The Balaban J connectivity index is 0.00000112. The number of hydrogen-bond donors (Lipinski definition) is 0. The number of hydrogen-bond acceptors (Lipinski definition) is 0. The zero-order valence-electron chi connectivity index (χ0n) is 8.61. The zero-order valence-corrected chi connectivity index (χ0v) is 8.61. The SMILES string of the molecule is C.CC(C1=CCCC=C1)c1ccccc1. The highest BCUT2D eigenvalue weighted by Gasteiger charge is 2.09. The minimum atomic E-state index is 0. The molecule has 80 valence electrons. The van der Waals surface area contributed by atoms with E-state index in [0.717, 1.165) is 0 Å². The van der Waals surface area contributed by atoms with Crippen molar-refractivity contribution < 1.29 is 0 Å². The summed E-state index contributed by atoms with van der Waals surface area (Å²) in [5, 5.41) is 0. The van der Waals surface area contributed by atoms with Crippen molar-refractivity contribution in [2.75, 3.05) is 0 Å². The lowest BCUT2D eigenvalue weighted by Gasteiger charge is -2.15. The van der Waals surface area contributed by atoms with Crippen molar-refractivity contribution >= 4 is 0 Å². The van der Waals surface area contributed by atoms with Gasteiger partial charge >= 0.3 is 0 Å². The molecule has 0 bridgehead atoms. The van der Waals surface area contributed by atoms with Gasteiger partial charge in [0.05, 0.1) is 0 Å². The van der Waals surface area contributed by atoms with E-state index in [0.29, 0.717) is 5.92 Å². The van der Waals surface area contributed by atoms with Crippen molar-refractivity contribution in [2.24, 2.45) is 0 Å². The van der Waals surface area contributed by atoms with E-state index >= 15 is 0 Å². The molecule has 0 aliphatic heterocycles. The van der Waals surface area contributed by atoms with Crippen LogP contribution in [-0.2, 0) is 0 Å². The fourth-order valence-electron chi connectivity index (χ4n) is 1.89. The molecule has 0 amide bonds. The Labute approximate surface area is 93.3 Å². The van der Waals surface area contributed by atoms with E-state index in [9.17, 15) is 0 Å². The molecule has 0 nitrogen and oxygen atoms in total. The monoisotopic (exact) mass is 200 g/mol. The van der Waals surface area contributed by atoms with Crippen molar-refractivity contribution in [3.8, 4) is 0 Å². The third kappa shape index (κ3) is 2.82. The highest BCUT2D eigenvalue weighted by molar-refractivity contribution is 5.35. The maximum Gasteiger partial charge on any atom is 0.00577 e. The quantitative estimate of drug-likeness (QED) is 0.649. The van der Waals surface area contributed by atoms with E-state index in [2.05, 4.69) is 55.5 Å². The maximum atomic E-state index is 2.36. The van der Waals surface area contributed by atoms with E-state index in [1.54, 1.807) is 0 Å². The molecule has 0 radical (unpaired) electrons. The standard InChI is InChI=1S/C14H16.CH4/c1-12(13-8-4-2-5-9-13)14-10-6-3-7-11-14;/h2,4-6,8-12H,3,7H2,1H3;1H4. The van der Waals surface area contributed by atoms with Crippen molar-refractivity contribution in [1.82, 2.24) is 0 Å². The first kappa shape index (κ1) is 11.8. The average Bonchev–Trinajstić information content (AvgIpc) is 2.30. The van der Waals surface area contributed by atoms with Crippen LogP contribution in [-0.4, -0.2) is 0 Å². The molecule has 0 aromatic heterocycles. The van der Waals surface area contributed by atoms with Gasteiger partial charge in [0.2, 0.25) is 0 Å². The summed E-state index contributed by atoms with van der Waals surface area (Å²) in [5.41, 5.74) is 2.87. The first-order valence-electron chi connectivity index (χ1n) is 5.29. The third-order valence-corrected chi connectivity index (χ3v) is 2.82. The first-order chi connectivity index (χ1) is 6.88. The topological polar surface area (TPSA) is 0 Å². The van der Waals surface area contributed by atoms with Crippen LogP contribution in [0.15, 0.2) is 54.1 Å². The molecule has 0 heterocycles. The molecule has 1 aromatic rings. The van der Waals surface area contributed by atoms with Gasteiger partial charge in [0, 0.05) is 5.92 Å². The molecule has 1 aliphatic rings. The van der Waals surface area contributed by atoms with E-state index in [1.807, 2.05) is 0 Å². The minimum absolute atomic E-state index is 0. The normalized spacial score (nSPS) is 16.5. The summed E-state index contributed by atoms with van der Waals surface area (Å²) in [7, 11) is 0. The molecule has 1 unspecified atom stereocenters. The summed E-state index contributed by atoms with van der Waals surface area (Å²) in [6.07, 6.45) is 9.29. The summed E-state index contributed by atoms with van der Waals surface area (Å²) in [4.78, 5) is 0. The molecule has 1 atom stereocenters. The molecule has 0 saturated carbocycles. The molecule has 0 N–H and O–H groups in total. The Bertz CT molecular complexity index is 344. The minimum Gasteiger partial charge on any atom is -0.0839 e. The van der Waals surface area contributed by atoms with Gasteiger partial charge in [0.1, 0.15) is 0 Å². The Morgan fingerprint density at radius 3 is 2.40 bits per heavy atom. The summed E-state index contributed by atoms with van der Waals surface area (Å²) in [6, 6.07) is 10.7. The van der Waals surface area contributed by atoms with Gasteiger partial charge in [0.25, 0.3) is 0 Å². The third-order valence-electron chi connectivity index (χ3n) is 2.82. The van der Waals surface area contributed by atoms with Crippen LogP contribution in [0.1, 0.15) is 38.7 Å². The summed E-state index contributed by atoms with van der Waals surface area (Å²) in [6.45, 7) is 2.27. The van der Waals surface area contributed by atoms with Crippen LogP contribution in [0.2, 0.25) is 0 Å². The van der Waals surface area contributed by atoms with Crippen molar-refractivity contribution in [3.05, 3.63) is 59.7 Å². The van der Waals surface area contributed by atoms with E-state index in [4.69, 9.17) is 0 Å². The fraction of sp³-hybridized carbons (Fsp3) is 0.333. The smallest absolute Gasteiger partial charge is 0.00577 e. The van der Waals surface area contributed by atoms with Crippen LogP contribution >= 0.6 is 0 Å². The van der Waals surface area contributed by atoms with Crippen molar-refractivity contribution in [2.45, 2.75) is 33.1 Å². The Hall–Kier alpha value is -1.30. The molecule has 0 fully saturated rings. The Morgan fingerprint density at radius 2 is 1.80 bits per heavy atom. The summed E-state index contributed by atoms with van der Waals surface area (Å²) in [5.74, 6) is 0.535. The number of rotatable bonds is 2. The zero-order chi connectivity index (χ0) is 9.80. The molecular weight excluding hydrogens is 180 g/mol. The van der Waals surface area contributed by atoms with Gasteiger partial charge in [0.15, 0.2) is 0 Å². The molecule has 1 aromatic carbocycles. The van der Waals surface area contributed by atoms with Crippen molar-refractivity contribution in [3.63, 3.8) is 0 Å². The van der Waals surface area contributed by atoms with Crippen LogP contribution in [0.3, 0.4) is 0 Å². The number of allylic oxidation sites excluding steroid dienone is 4. The largest absolute Gasteiger partial charge is 0.0839 e. The van der Waals surface area contributed by atoms with E-state index in [1.165, 1.54) is 24.0 Å². The van der Waals surface area contributed by atoms with Gasteiger partial charge in [-0.05, 0) is 24.0 Å². The highest BCUT2D eigenvalue weighted by atomic mass is 14.1. The fourth-order valence-corrected chi connectivity index (χ4v) is 1.89. The van der Waals surface area contributed by atoms with Gasteiger partial charge < -0.3 is 0 Å². The lowest BCUT2D eigenvalue weighted by atomic mass is 9.90. The summed E-state index contributed by atoms with van der Waals surface area (Å²) >= 11 is 0. The second-order valence-corrected chi connectivity index (χ2v) is 3.82. The second-order valence-electron chi connectivity index (χ2n) is 3.82.